The summed E-state index contributed by atoms with van der Waals surface area (Å²) in [5, 5.41) is 4.67. The number of hydrogen-bond donors (Lipinski definition) is 1. The number of aromatic amines is 1. The van der Waals surface area contributed by atoms with Gasteiger partial charge in [0.15, 0.2) is 5.82 Å². The first kappa shape index (κ1) is 14.3. The van der Waals surface area contributed by atoms with Crippen molar-refractivity contribution in [3.63, 3.8) is 0 Å². The van der Waals surface area contributed by atoms with Crippen LogP contribution in [0, 0.1) is 5.82 Å². The van der Waals surface area contributed by atoms with Crippen LogP contribution in [0.2, 0.25) is 5.02 Å². The molecule has 0 aliphatic heterocycles. The molecule has 1 heterocycles. The Hall–Kier alpha value is -2.60. The number of benzene rings is 2. The standard InChI is InChI=1S/C15H11ClFN3O2/c1-22-13-7-4-10(16)8-12(13)20-15(21)18-14(19-20)9-2-5-11(17)6-3-9/h2-8H,1H3,(H,18,19,21). The Labute approximate surface area is 129 Å². The van der Waals surface area contributed by atoms with E-state index >= 15 is 0 Å². The Balaban J connectivity index is 2.12. The van der Waals surface area contributed by atoms with E-state index in [9.17, 15) is 9.18 Å². The molecule has 3 aromatic rings. The highest BCUT2D eigenvalue weighted by Gasteiger charge is 2.13. The fourth-order valence-corrected chi connectivity index (χ4v) is 2.22. The first-order chi connectivity index (χ1) is 10.6. The van der Waals surface area contributed by atoms with E-state index < -0.39 is 5.69 Å². The molecule has 0 atom stereocenters. The molecule has 0 bridgehead atoms. The van der Waals surface area contributed by atoms with Crippen LogP contribution in [0.1, 0.15) is 0 Å². The van der Waals surface area contributed by atoms with Gasteiger partial charge in [-0.15, -0.1) is 5.10 Å². The van der Waals surface area contributed by atoms with Gasteiger partial charge in [-0.1, -0.05) is 11.6 Å². The fourth-order valence-electron chi connectivity index (χ4n) is 2.05. The smallest absolute Gasteiger partial charge is 0.348 e. The summed E-state index contributed by atoms with van der Waals surface area (Å²) in [6, 6.07) is 10.6. The molecule has 0 aliphatic rings. The van der Waals surface area contributed by atoms with Gasteiger partial charge in [0.25, 0.3) is 0 Å². The maximum Gasteiger partial charge on any atom is 0.348 e. The largest absolute Gasteiger partial charge is 0.494 e. The van der Waals surface area contributed by atoms with Crippen molar-refractivity contribution >= 4 is 11.6 Å². The second-order valence-electron chi connectivity index (χ2n) is 4.51. The average molecular weight is 320 g/mol. The number of nitrogens with zero attached hydrogens (tertiary/aromatic N) is 2. The third-order valence-electron chi connectivity index (χ3n) is 3.10. The minimum absolute atomic E-state index is 0.326. The summed E-state index contributed by atoms with van der Waals surface area (Å²) in [4.78, 5) is 14.8. The predicted molar refractivity (Wildman–Crippen MR) is 81.1 cm³/mol. The van der Waals surface area contributed by atoms with Crippen LogP contribution in [0.5, 0.6) is 5.75 Å². The molecule has 5 nitrogen and oxygen atoms in total. The number of methoxy groups -OCH3 is 1. The number of rotatable bonds is 3. The highest BCUT2D eigenvalue weighted by Crippen LogP contribution is 2.25. The lowest BCUT2D eigenvalue weighted by Gasteiger charge is -2.07. The summed E-state index contributed by atoms with van der Waals surface area (Å²) in [5.74, 6) is 0.428. The average Bonchev–Trinajstić information content (AvgIpc) is 2.89. The van der Waals surface area contributed by atoms with Crippen molar-refractivity contribution in [1.29, 1.82) is 0 Å². The van der Waals surface area contributed by atoms with Crippen LogP contribution in [-0.4, -0.2) is 21.9 Å². The summed E-state index contributed by atoms with van der Waals surface area (Å²) in [7, 11) is 1.49. The maximum absolute atomic E-state index is 13.0. The van der Waals surface area contributed by atoms with Gasteiger partial charge in [-0.3, -0.25) is 4.98 Å². The summed E-state index contributed by atoms with van der Waals surface area (Å²) < 4.78 is 19.3. The molecular formula is C15H11ClFN3O2. The van der Waals surface area contributed by atoms with Crippen molar-refractivity contribution in [2.45, 2.75) is 0 Å². The quantitative estimate of drug-likeness (QED) is 0.807. The van der Waals surface area contributed by atoms with Gasteiger partial charge in [0.2, 0.25) is 0 Å². The van der Waals surface area contributed by atoms with E-state index in [0.717, 1.165) is 4.68 Å². The van der Waals surface area contributed by atoms with Crippen LogP contribution >= 0.6 is 11.6 Å². The third kappa shape index (κ3) is 2.60. The topological polar surface area (TPSA) is 59.9 Å². The number of halogens is 2. The van der Waals surface area contributed by atoms with Crippen LogP contribution in [0.25, 0.3) is 17.1 Å². The molecule has 0 saturated carbocycles. The number of nitrogens with one attached hydrogen (secondary N) is 1. The van der Waals surface area contributed by atoms with Crippen molar-refractivity contribution in [1.82, 2.24) is 14.8 Å². The van der Waals surface area contributed by atoms with Gasteiger partial charge in [-0.2, -0.15) is 4.68 Å². The van der Waals surface area contributed by atoms with E-state index in [0.29, 0.717) is 27.8 Å². The second kappa shape index (κ2) is 5.65. The lowest BCUT2D eigenvalue weighted by Crippen LogP contribution is -2.16. The molecule has 112 valence electrons. The molecule has 0 unspecified atom stereocenters. The van der Waals surface area contributed by atoms with Gasteiger partial charge in [-0.25, -0.2) is 9.18 Å². The second-order valence-corrected chi connectivity index (χ2v) is 4.95. The Morgan fingerprint density at radius 2 is 1.95 bits per heavy atom. The van der Waals surface area contributed by atoms with Gasteiger partial charge < -0.3 is 4.74 Å². The van der Waals surface area contributed by atoms with Crippen LogP contribution in [0.3, 0.4) is 0 Å². The molecule has 0 radical (unpaired) electrons. The third-order valence-corrected chi connectivity index (χ3v) is 3.34. The molecule has 3 rings (SSSR count). The molecule has 1 aromatic heterocycles. The Kier molecular flexibility index (Phi) is 3.68. The van der Waals surface area contributed by atoms with Gasteiger partial charge in [-0.05, 0) is 42.5 Å². The molecule has 0 aliphatic carbocycles. The normalized spacial score (nSPS) is 10.7. The van der Waals surface area contributed by atoms with Crippen LogP contribution in [-0.2, 0) is 0 Å². The SMILES string of the molecule is COc1ccc(Cl)cc1-n1nc(-c2ccc(F)cc2)[nH]c1=O. The molecule has 22 heavy (non-hydrogen) atoms. The van der Waals surface area contributed by atoms with Crippen LogP contribution in [0.4, 0.5) is 4.39 Å². The van der Waals surface area contributed by atoms with Gasteiger partial charge in [0.05, 0.1) is 7.11 Å². The summed E-state index contributed by atoms with van der Waals surface area (Å²) in [6.45, 7) is 0. The van der Waals surface area contributed by atoms with Crippen LogP contribution in [0.15, 0.2) is 47.3 Å². The molecule has 0 saturated heterocycles. The van der Waals surface area contributed by atoms with E-state index in [1.54, 1.807) is 18.2 Å². The summed E-state index contributed by atoms with van der Waals surface area (Å²) in [5.41, 5.74) is 0.572. The minimum Gasteiger partial charge on any atom is -0.494 e. The number of ether oxygens (including phenoxy) is 1. The lowest BCUT2D eigenvalue weighted by molar-refractivity contribution is 0.411. The molecule has 7 heteroatoms. The van der Waals surface area contributed by atoms with E-state index in [2.05, 4.69) is 10.1 Å². The van der Waals surface area contributed by atoms with Gasteiger partial charge >= 0.3 is 5.69 Å². The molecular weight excluding hydrogens is 309 g/mol. The zero-order valence-electron chi connectivity index (χ0n) is 11.5. The van der Waals surface area contributed by atoms with E-state index in [-0.39, 0.29) is 5.82 Å². The van der Waals surface area contributed by atoms with E-state index in [1.807, 2.05) is 0 Å². The highest BCUT2D eigenvalue weighted by atomic mass is 35.5. The van der Waals surface area contributed by atoms with E-state index in [4.69, 9.17) is 16.3 Å². The number of hydrogen-bond acceptors (Lipinski definition) is 3. The van der Waals surface area contributed by atoms with Crippen molar-refractivity contribution in [3.8, 4) is 22.8 Å². The Morgan fingerprint density at radius 1 is 1.23 bits per heavy atom. The number of aromatic nitrogens is 3. The lowest BCUT2D eigenvalue weighted by atomic mass is 10.2. The first-order valence-corrected chi connectivity index (χ1v) is 6.75. The van der Waals surface area contributed by atoms with Crippen LogP contribution < -0.4 is 10.4 Å². The maximum atomic E-state index is 13.0. The number of H-pyrrole nitrogens is 1. The van der Waals surface area contributed by atoms with Gasteiger partial charge in [0.1, 0.15) is 17.3 Å². The van der Waals surface area contributed by atoms with Crippen molar-refractivity contribution in [2.75, 3.05) is 7.11 Å². The summed E-state index contributed by atoms with van der Waals surface area (Å²) in [6.07, 6.45) is 0. The first-order valence-electron chi connectivity index (χ1n) is 6.37. The predicted octanol–water partition coefficient (Wildman–Crippen LogP) is 3.03. The van der Waals surface area contributed by atoms with E-state index in [1.165, 1.54) is 31.4 Å². The zero-order chi connectivity index (χ0) is 15.7. The fraction of sp³-hybridized carbons (Fsp3) is 0.0667. The van der Waals surface area contributed by atoms with Crippen molar-refractivity contribution in [2.24, 2.45) is 0 Å². The molecule has 0 amide bonds. The van der Waals surface area contributed by atoms with Gasteiger partial charge in [0, 0.05) is 10.6 Å². The molecule has 0 spiro atoms. The zero-order valence-corrected chi connectivity index (χ0v) is 12.3. The molecule has 2 aromatic carbocycles. The minimum atomic E-state index is -0.445. The Morgan fingerprint density at radius 3 is 2.64 bits per heavy atom. The van der Waals surface area contributed by atoms with Crippen molar-refractivity contribution in [3.05, 3.63) is 63.8 Å². The highest BCUT2D eigenvalue weighted by molar-refractivity contribution is 6.30. The summed E-state index contributed by atoms with van der Waals surface area (Å²) >= 11 is 5.97. The monoisotopic (exact) mass is 319 g/mol. The van der Waals surface area contributed by atoms with Crippen molar-refractivity contribution < 1.29 is 9.13 Å². The molecule has 0 fully saturated rings. The molecule has 1 N–H and O–H groups in total. The Bertz CT molecular complexity index is 871.